The lowest BCUT2D eigenvalue weighted by molar-refractivity contribution is -0.145. The minimum Gasteiger partial charge on any atom is -0.396 e. The van der Waals surface area contributed by atoms with Crippen LogP contribution < -0.4 is 9.80 Å². The molecule has 5 atom stereocenters. The van der Waals surface area contributed by atoms with Gasteiger partial charge in [0.25, 0.3) is 5.91 Å². The van der Waals surface area contributed by atoms with Crippen LogP contribution >= 0.6 is 0 Å². The van der Waals surface area contributed by atoms with Crippen LogP contribution in [0.3, 0.4) is 0 Å². The first-order valence-corrected chi connectivity index (χ1v) is 16.1. The third-order valence-corrected chi connectivity index (χ3v) is 9.40. The first-order valence-electron chi connectivity index (χ1n) is 16.1. The molecule has 2 bridgehead atoms. The van der Waals surface area contributed by atoms with Gasteiger partial charge >= 0.3 is 0 Å². The summed E-state index contributed by atoms with van der Waals surface area (Å²) in [5.74, 6) is -1.79. The molecule has 1 aromatic carbocycles. The number of rotatable bonds is 17. The number of hydrogen-bond acceptors (Lipinski definition) is 6. The molecular weight excluding hydrogens is 544 g/mol. The van der Waals surface area contributed by atoms with Crippen LogP contribution in [0.1, 0.15) is 59.3 Å². The number of fused-ring (bicyclic) bond motifs is 1. The number of benzene rings is 1. The molecule has 3 amide bonds. The van der Waals surface area contributed by atoms with Gasteiger partial charge in [0.15, 0.2) is 0 Å². The highest BCUT2D eigenvalue weighted by molar-refractivity contribution is 6.05. The lowest BCUT2D eigenvalue weighted by atomic mass is 9.70. The summed E-state index contributed by atoms with van der Waals surface area (Å²) >= 11 is 0. The zero-order valence-electron chi connectivity index (χ0n) is 26.2. The second kappa shape index (κ2) is 14.5. The highest BCUT2D eigenvalue weighted by Crippen LogP contribution is 2.59. The van der Waals surface area contributed by atoms with Gasteiger partial charge in [0.2, 0.25) is 11.8 Å². The molecule has 43 heavy (non-hydrogen) atoms. The zero-order valence-corrected chi connectivity index (χ0v) is 26.2. The van der Waals surface area contributed by atoms with Crippen molar-refractivity contribution in [1.29, 1.82) is 0 Å². The minimum atomic E-state index is -1.05. The van der Waals surface area contributed by atoms with E-state index in [4.69, 9.17) is 4.74 Å². The Morgan fingerprint density at radius 2 is 1.70 bits per heavy atom. The maximum Gasteiger partial charge on any atom is 0.253 e. The second-order valence-electron chi connectivity index (χ2n) is 11.9. The highest BCUT2D eigenvalue weighted by Gasteiger charge is 2.74. The van der Waals surface area contributed by atoms with Crippen LogP contribution in [-0.2, 0) is 19.1 Å². The number of unbranched alkanes of at least 4 members (excludes halogenated alkanes) is 2. The van der Waals surface area contributed by atoms with Gasteiger partial charge in [0, 0.05) is 57.3 Å². The van der Waals surface area contributed by atoms with E-state index in [0.29, 0.717) is 45.3 Å². The minimum absolute atomic E-state index is 0.0808. The van der Waals surface area contributed by atoms with Crippen molar-refractivity contribution in [3.63, 3.8) is 0 Å². The maximum atomic E-state index is 14.7. The number of hydrogen-bond donors (Lipinski definition) is 1. The molecule has 236 valence electrons. The van der Waals surface area contributed by atoms with Gasteiger partial charge in [0.05, 0.1) is 17.9 Å². The second-order valence-corrected chi connectivity index (χ2v) is 11.9. The smallest absolute Gasteiger partial charge is 0.253 e. The Hall–Kier alpha value is -3.17. The van der Waals surface area contributed by atoms with Crippen molar-refractivity contribution in [3.05, 3.63) is 49.6 Å². The average molecular weight is 595 g/mol. The van der Waals surface area contributed by atoms with E-state index in [2.05, 4.69) is 31.9 Å². The number of likely N-dealkylation sites (tertiary alicyclic amines) is 1. The molecule has 0 aliphatic carbocycles. The van der Waals surface area contributed by atoms with Crippen LogP contribution in [0, 0.1) is 11.8 Å². The predicted molar refractivity (Wildman–Crippen MR) is 170 cm³/mol. The standard InChI is InChI=1S/C34H50N4O5/c1-6-20-36(21-7-2)31(40)28-27-18-19-34(43-27)29(28)32(41)38(23-12-11-13-24-39)30(34)33(42)37(22-8-3)26-16-14-25(15-17-26)35(9-4)10-5/h6,8,14-17,27-30,39H,1,3,7,9-13,18-24H2,2,4-5H3/t27-,28+,29+,30?,34?/m1/s1. The first kappa shape index (κ1) is 32.7. The van der Waals surface area contributed by atoms with E-state index in [1.807, 2.05) is 31.2 Å². The Morgan fingerprint density at radius 3 is 2.30 bits per heavy atom. The first-order chi connectivity index (χ1) is 20.8. The van der Waals surface area contributed by atoms with Gasteiger partial charge in [-0.2, -0.15) is 0 Å². The van der Waals surface area contributed by atoms with Crippen molar-refractivity contribution < 1.29 is 24.2 Å². The fraction of sp³-hybridized carbons (Fsp3) is 0.618. The molecule has 3 aliphatic heterocycles. The Morgan fingerprint density at radius 1 is 1.02 bits per heavy atom. The maximum absolute atomic E-state index is 14.7. The Bertz CT molecular complexity index is 1150. The van der Waals surface area contributed by atoms with E-state index in [9.17, 15) is 19.5 Å². The number of anilines is 2. The van der Waals surface area contributed by atoms with Gasteiger partial charge < -0.3 is 29.4 Å². The summed E-state index contributed by atoms with van der Waals surface area (Å²) < 4.78 is 6.67. The number of ether oxygens (including phenoxy) is 1. The normalized spacial score (nSPS) is 25.5. The number of carbonyl (C=O) groups excluding carboxylic acids is 3. The molecule has 1 spiro atoms. The number of nitrogens with zero attached hydrogens (tertiary/aromatic N) is 4. The van der Waals surface area contributed by atoms with Crippen LogP contribution in [0.25, 0.3) is 0 Å². The van der Waals surface area contributed by atoms with Gasteiger partial charge in [-0.05, 0) is 76.6 Å². The molecule has 1 N–H and O–H groups in total. The molecule has 3 saturated heterocycles. The average Bonchev–Trinajstić information content (AvgIpc) is 3.66. The molecule has 3 aliphatic rings. The molecule has 2 unspecified atom stereocenters. The van der Waals surface area contributed by atoms with E-state index in [-0.39, 0.29) is 30.9 Å². The van der Waals surface area contributed by atoms with Crippen LogP contribution in [0.15, 0.2) is 49.6 Å². The molecule has 3 fully saturated rings. The van der Waals surface area contributed by atoms with Crippen LogP contribution in [0.2, 0.25) is 0 Å². The SMILES string of the molecule is C=CCN(CCC)C(=O)[C@@H]1[C@H]2C(=O)N(CCCCCO)C(C(=O)N(CC=C)c3ccc(N(CC)CC)cc3)C23CC[C@H]1O3. The van der Waals surface area contributed by atoms with Crippen molar-refractivity contribution >= 4 is 29.1 Å². The Balaban J connectivity index is 1.71. The summed E-state index contributed by atoms with van der Waals surface area (Å²) in [7, 11) is 0. The van der Waals surface area contributed by atoms with Crippen molar-refractivity contribution in [2.45, 2.75) is 77.0 Å². The fourth-order valence-electron chi connectivity index (χ4n) is 7.48. The fourth-order valence-corrected chi connectivity index (χ4v) is 7.48. The van der Waals surface area contributed by atoms with E-state index < -0.39 is 29.6 Å². The van der Waals surface area contributed by atoms with Gasteiger partial charge in [-0.1, -0.05) is 19.1 Å². The van der Waals surface area contributed by atoms with E-state index >= 15 is 0 Å². The topological polar surface area (TPSA) is 93.6 Å². The summed E-state index contributed by atoms with van der Waals surface area (Å²) in [6.45, 7) is 17.5. The number of aliphatic hydroxyl groups is 1. The Kier molecular flexibility index (Phi) is 11.1. The van der Waals surface area contributed by atoms with E-state index in [1.54, 1.807) is 26.9 Å². The lowest BCUT2D eigenvalue weighted by Crippen LogP contribution is -2.56. The summed E-state index contributed by atoms with van der Waals surface area (Å²) in [4.78, 5) is 50.4. The van der Waals surface area contributed by atoms with Gasteiger partial charge in [0.1, 0.15) is 11.6 Å². The van der Waals surface area contributed by atoms with Gasteiger partial charge in [-0.15, -0.1) is 13.2 Å². The van der Waals surface area contributed by atoms with Crippen molar-refractivity contribution in [3.8, 4) is 0 Å². The molecule has 3 heterocycles. The zero-order chi connectivity index (χ0) is 31.1. The monoisotopic (exact) mass is 594 g/mol. The number of aliphatic hydroxyl groups excluding tert-OH is 1. The largest absolute Gasteiger partial charge is 0.396 e. The lowest BCUT2D eigenvalue weighted by Gasteiger charge is -2.37. The summed E-state index contributed by atoms with van der Waals surface area (Å²) in [6, 6.07) is 7.09. The quantitative estimate of drug-likeness (QED) is 0.216. The Labute approximate surface area is 257 Å². The third kappa shape index (κ3) is 6.11. The molecule has 0 radical (unpaired) electrons. The summed E-state index contributed by atoms with van der Waals surface area (Å²) in [5, 5.41) is 9.32. The highest BCUT2D eigenvalue weighted by atomic mass is 16.5. The predicted octanol–water partition coefficient (Wildman–Crippen LogP) is 4.01. The molecule has 1 aromatic rings. The van der Waals surface area contributed by atoms with Gasteiger partial charge in [-0.25, -0.2) is 0 Å². The van der Waals surface area contributed by atoms with Gasteiger partial charge in [-0.3, -0.25) is 14.4 Å². The molecular formula is C34H50N4O5. The number of carbonyl (C=O) groups is 3. The third-order valence-electron chi connectivity index (χ3n) is 9.40. The van der Waals surface area contributed by atoms with Crippen LogP contribution in [-0.4, -0.2) is 96.3 Å². The molecule has 9 nitrogen and oxygen atoms in total. The van der Waals surface area contributed by atoms with Crippen molar-refractivity contribution in [2.75, 3.05) is 55.7 Å². The number of amides is 3. The summed E-state index contributed by atoms with van der Waals surface area (Å²) in [6.07, 6.45) is 7.02. The molecule has 4 rings (SSSR count). The van der Waals surface area contributed by atoms with Crippen LogP contribution in [0.4, 0.5) is 11.4 Å². The van der Waals surface area contributed by atoms with Crippen molar-refractivity contribution in [1.82, 2.24) is 9.80 Å². The summed E-state index contributed by atoms with van der Waals surface area (Å²) in [5.41, 5.74) is 0.756. The van der Waals surface area contributed by atoms with Crippen LogP contribution in [0.5, 0.6) is 0 Å². The van der Waals surface area contributed by atoms with Crippen molar-refractivity contribution in [2.24, 2.45) is 11.8 Å². The molecule has 0 saturated carbocycles. The van der Waals surface area contributed by atoms with E-state index in [0.717, 1.165) is 37.3 Å². The molecule has 9 heteroatoms. The molecule has 0 aromatic heterocycles. The van der Waals surface area contributed by atoms with E-state index in [1.165, 1.54) is 0 Å².